The smallest absolute Gasteiger partial charge is 0.303 e. The molecule has 0 bridgehead atoms. The second kappa shape index (κ2) is 17.6. The number of carbonyl (C=O) groups is 2. The molecule has 298 valence electrons. The van der Waals surface area contributed by atoms with E-state index < -0.39 is 44.1 Å². The molecule has 4 aromatic rings. The zero-order chi connectivity index (χ0) is 40.0. The number of aliphatic carboxylic acids is 2. The Labute approximate surface area is 329 Å². The highest BCUT2D eigenvalue weighted by molar-refractivity contribution is 7.93. The molecule has 2 unspecified atom stereocenters. The van der Waals surface area contributed by atoms with E-state index in [9.17, 15) is 26.4 Å². The van der Waals surface area contributed by atoms with Crippen molar-refractivity contribution in [3.8, 4) is 11.1 Å². The molecule has 2 aliphatic rings. The first-order chi connectivity index (χ1) is 26.8. The summed E-state index contributed by atoms with van der Waals surface area (Å²) in [6.07, 6.45) is 6.32. The summed E-state index contributed by atoms with van der Waals surface area (Å²) in [5.41, 5.74) is 5.33. The Kier molecular flexibility index (Phi) is 12.8. The van der Waals surface area contributed by atoms with E-state index in [2.05, 4.69) is 10.6 Å². The number of rotatable bonds is 17. The van der Waals surface area contributed by atoms with Crippen LogP contribution in [0.5, 0.6) is 0 Å². The topological polar surface area (TPSA) is 173 Å². The van der Waals surface area contributed by atoms with Crippen molar-refractivity contribution in [2.24, 2.45) is 0 Å². The molecule has 0 saturated carbocycles. The number of hydrogen-bond donors (Lipinski definition) is 4. The summed E-state index contributed by atoms with van der Waals surface area (Å²) in [5, 5.41) is 25.2. The molecule has 2 heterocycles. The third-order valence-corrected chi connectivity index (χ3v) is 14.5. The predicted molar refractivity (Wildman–Crippen MR) is 217 cm³/mol. The number of hydrogen-bond acceptors (Lipinski definition) is 8. The summed E-state index contributed by atoms with van der Waals surface area (Å²) in [6.45, 7) is 1.18. The molecule has 2 aliphatic heterocycles. The Morgan fingerprint density at radius 1 is 0.536 bits per heavy atom. The van der Waals surface area contributed by atoms with Gasteiger partial charge in [-0.3, -0.25) is 18.2 Å². The first-order valence-electron chi connectivity index (χ1n) is 19.2. The maximum Gasteiger partial charge on any atom is 0.303 e. The summed E-state index contributed by atoms with van der Waals surface area (Å²) < 4.78 is 59.1. The third kappa shape index (κ3) is 8.63. The highest BCUT2D eigenvalue weighted by Gasteiger charge is 2.37. The summed E-state index contributed by atoms with van der Waals surface area (Å²) in [4.78, 5) is 22.2. The third-order valence-electron chi connectivity index (χ3n) is 10.8. The van der Waals surface area contributed by atoms with Crippen LogP contribution in [-0.2, 0) is 29.6 Å². The zero-order valence-electron chi connectivity index (χ0n) is 31.8. The van der Waals surface area contributed by atoms with Crippen LogP contribution < -0.4 is 19.2 Å². The number of unbranched alkanes of at least 4 members (excludes halogenated alkanes) is 6. The van der Waals surface area contributed by atoms with Gasteiger partial charge in [-0.25, -0.2) is 16.8 Å². The minimum atomic E-state index is -3.95. The normalized spacial score (nSPS) is 17.8. The van der Waals surface area contributed by atoms with E-state index >= 15 is 0 Å². The van der Waals surface area contributed by atoms with E-state index in [0.29, 0.717) is 48.4 Å². The Morgan fingerprint density at radius 3 is 1.62 bits per heavy atom. The van der Waals surface area contributed by atoms with Crippen LogP contribution in [0.2, 0.25) is 0 Å². The Bertz CT molecular complexity index is 2300. The number of nitrogens with zero attached hydrogens (tertiary/aromatic N) is 2. The Hall–Kier alpha value is -4.76. The number of carboxylic acids is 2. The Balaban J connectivity index is 1.36. The lowest BCUT2D eigenvalue weighted by Gasteiger charge is -2.24. The van der Waals surface area contributed by atoms with Crippen LogP contribution in [0.15, 0.2) is 94.7 Å². The maximum absolute atomic E-state index is 14.1. The fourth-order valence-corrected chi connectivity index (χ4v) is 10.6. The van der Waals surface area contributed by atoms with E-state index in [0.717, 1.165) is 60.8 Å². The van der Waals surface area contributed by atoms with Crippen molar-refractivity contribution in [2.45, 2.75) is 86.1 Å². The van der Waals surface area contributed by atoms with Crippen molar-refractivity contribution in [3.05, 3.63) is 107 Å². The zero-order valence-corrected chi connectivity index (χ0v) is 33.4. The number of nitrogens with one attached hydrogen (secondary N) is 2. The second-order valence-electron chi connectivity index (χ2n) is 14.5. The molecule has 56 heavy (non-hydrogen) atoms. The van der Waals surface area contributed by atoms with Crippen LogP contribution in [0.25, 0.3) is 11.1 Å². The number of carboxylic acid groups (broad SMARTS) is 2. The average molecular weight is 803 g/mol. The first kappa shape index (κ1) is 40.9. The number of anilines is 2. The molecule has 0 aromatic heterocycles. The molecule has 4 aromatic carbocycles. The summed E-state index contributed by atoms with van der Waals surface area (Å²) in [5.74, 6) is -1.61. The van der Waals surface area contributed by atoms with Gasteiger partial charge >= 0.3 is 11.9 Å². The minimum Gasteiger partial charge on any atom is -0.481 e. The van der Waals surface area contributed by atoms with Crippen LogP contribution in [0.4, 0.5) is 11.4 Å². The SMILES string of the molecule is CN1c2ccccc2C(NCCCCCCC(=O)O)c2cc(-c3ccc4c(c3)N(C)S(=O)(=O)c3ccccc3C4NCCCCCCC(=O)O)ccc2S1(=O)=O. The van der Waals surface area contributed by atoms with Gasteiger partial charge in [-0.15, -0.1) is 0 Å². The van der Waals surface area contributed by atoms with Crippen molar-refractivity contribution in [3.63, 3.8) is 0 Å². The van der Waals surface area contributed by atoms with E-state index in [1.54, 1.807) is 44.4 Å². The van der Waals surface area contributed by atoms with Crippen LogP contribution in [0.3, 0.4) is 0 Å². The molecule has 0 saturated heterocycles. The summed E-state index contributed by atoms with van der Waals surface area (Å²) in [6, 6.07) is 24.5. The number of sulfonamides is 2. The molecule has 14 heteroatoms. The minimum absolute atomic E-state index is 0.135. The largest absolute Gasteiger partial charge is 0.481 e. The van der Waals surface area contributed by atoms with Gasteiger partial charge in [0.2, 0.25) is 0 Å². The fourth-order valence-electron chi connectivity index (χ4n) is 7.73. The molecule has 4 N–H and O–H groups in total. The second-order valence-corrected chi connectivity index (χ2v) is 18.3. The van der Waals surface area contributed by atoms with Crippen molar-refractivity contribution < 1.29 is 36.6 Å². The van der Waals surface area contributed by atoms with E-state index in [-0.39, 0.29) is 22.6 Å². The molecule has 0 spiro atoms. The average Bonchev–Trinajstić information content (AvgIpc) is 3.29. The first-order valence-corrected chi connectivity index (χ1v) is 22.0. The highest BCUT2D eigenvalue weighted by atomic mass is 32.2. The lowest BCUT2D eigenvalue weighted by Crippen LogP contribution is -2.26. The van der Waals surface area contributed by atoms with Crippen molar-refractivity contribution in [2.75, 3.05) is 35.8 Å². The quantitative estimate of drug-likeness (QED) is 0.0810. The molecular weight excluding hydrogens is 753 g/mol. The van der Waals surface area contributed by atoms with Gasteiger partial charge in [-0.1, -0.05) is 80.3 Å². The summed E-state index contributed by atoms with van der Waals surface area (Å²) >= 11 is 0. The highest BCUT2D eigenvalue weighted by Crippen LogP contribution is 2.44. The van der Waals surface area contributed by atoms with E-state index in [4.69, 9.17) is 10.2 Å². The van der Waals surface area contributed by atoms with Crippen LogP contribution >= 0.6 is 0 Å². The number of fused-ring (bicyclic) bond motifs is 4. The summed E-state index contributed by atoms with van der Waals surface area (Å²) in [7, 11) is -4.77. The standard InChI is InChI=1S/C42H50N4O8S2/c1-45-35-17-11-9-15-31(35)42(44-26-14-6-4-8-20-40(49)50)34-27-29(22-24-38(34)56(45,53)54)30-21-23-32-36(28-30)46(2)55(51,52)37-18-12-10-16-33(37)41(32)43-25-13-5-3-7-19-39(47)48/h9-12,15-18,21-24,27-28,41-44H,3-8,13-14,19-20,25-26H2,1-2H3,(H,47,48)(H,49,50). The van der Waals surface area contributed by atoms with Crippen molar-refractivity contribution in [1.29, 1.82) is 0 Å². The van der Waals surface area contributed by atoms with Crippen molar-refractivity contribution in [1.82, 2.24) is 10.6 Å². The molecule has 0 fully saturated rings. The van der Waals surface area contributed by atoms with Gasteiger partial charge < -0.3 is 20.8 Å². The van der Waals surface area contributed by atoms with Gasteiger partial charge in [0.15, 0.2) is 0 Å². The van der Waals surface area contributed by atoms with E-state index in [1.807, 2.05) is 54.6 Å². The van der Waals surface area contributed by atoms with Crippen LogP contribution in [0, 0.1) is 0 Å². The molecular formula is C42H50N4O8S2. The van der Waals surface area contributed by atoms with Gasteiger partial charge in [0.05, 0.1) is 33.2 Å². The fraction of sp³-hybridized carbons (Fsp3) is 0.381. The van der Waals surface area contributed by atoms with Crippen molar-refractivity contribution >= 4 is 43.4 Å². The maximum atomic E-state index is 14.1. The molecule has 12 nitrogen and oxygen atoms in total. The monoisotopic (exact) mass is 802 g/mol. The predicted octanol–water partition coefficient (Wildman–Crippen LogP) is 7.06. The lowest BCUT2D eigenvalue weighted by atomic mass is 9.91. The van der Waals surface area contributed by atoms with Gasteiger partial charge in [-0.05, 0) is 102 Å². The van der Waals surface area contributed by atoms with Crippen LogP contribution in [0.1, 0.15) is 98.5 Å². The molecule has 0 amide bonds. The molecule has 6 rings (SSSR count). The van der Waals surface area contributed by atoms with Gasteiger partial charge in [0.25, 0.3) is 20.0 Å². The number of benzene rings is 4. The van der Waals surface area contributed by atoms with Crippen LogP contribution in [-0.4, -0.2) is 66.2 Å². The van der Waals surface area contributed by atoms with Gasteiger partial charge in [0, 0.05) is 26.9 Å². The lowest BCUT2D eigenvalue weighted by molar-refractivity contribution is -0.138. The van der Waals surface area contributed by atoms with Gasteiger partial charge in [-0.2, -0.15) is 0 Å². The molecule has 0 aliphatic carbocycles. The molecule has 2 atom stereocenters. The van der Waals surface area contributed by atoms with Gasteiger partial charge in [0.1, 0.15) is 0 Å². The number of para-hydroxylation sites is 1. The van der Waals surface area contributed by atoms with E-state index in [1.165, 1.54) is 8.61 Å². The molecule has 0 radical (unpaired) electrons. The Morgan fingerprint density at radius 2 is 1.00 bits per heavy atom.